The number of unbranched alkanes of at least 4 members (excludes halogenated alkanes) is 21. The average molecular weight is 437 g/mol. The van der Waals surface area contributed by atoms with Gasteiger partial charge in [0.1, 0.15) is 0 Å². The minimum Gasteiger partial charge on any atom is -0.0654 e. The lowest BCUT2D eigenvalue weighted by atomic mass is 9.85. The second kappa shape index (κ2) is 26.3. The maximum absolute atomic E-state index is 2.48. The summed E-state index contributed by atoms with van der Waals surface area (Å²) in [4.78, 5) is 0. The van der Waals surface area contributed by atoms with Crippen LogP contribution in [0.1, 0.15) is 188 Å². The zero-order chi connectivity index (χ0) is 22.8. The molecule has 0 aromatic rings. The first kappa shape index (κ1) is 31.0. The first-order chi connectivity index (χ1) is 15.3. The molecule has 0 fully saturated rings. The second-order valence-corrected chi connectivity index (χ2v) is 10.8. The van der Waals surface area contributed by atoms with Crippen molar-refractivity contribution in [3.05, 3.63) is 0 Å². The summed E-state index contributed by atoms with van der Waals surface area (Å²) in [5.74, 6) is 1.91. The minimum absolute atomic E-state index is 0.945. The summed E-state index contributed by atoms with van der Waals surface area (Å²) in [6.45, 7) is 9.52. The Morgan fingerprint density at radius 1 is 0.355 bits per heavy atom. The van der Waals surface area contributed by atoms with Crippen molar-refractivity contribution in [1.29, 1.82) is 0 Å². The summed E-state index contributed by atoms with van der Waals surface area (Å²) in [5, 5.41) is 0. The number of rotatable bonds is 26. The van der Waals surface area contributed by atoms with Gasteiger partial charge in [-0.25, -0.2) is 0 Å². The Morgan fingerprint density at radius 2 is 0.613 bits per heavy atom. The van der Waals surface area contributed by atoms with Gasteiger partial charge in [0.25, 0.3) is 0 Å². The maximum Gasteiger partial charge on any atom is -0.0394 e. The van der Waals surface area contributed by atoms with Crippen molar-refractivity contribution < 1.29 is 0 Å². The second-order valence-electron chi connectivity index (χ2n) is 10.8. The van der Waals surface area contributed by atoms with Crippen LogP contribution < -0.4 is 0 Å². The molecular weight excluding hydrogens is 372 g/mol. The molecule has 0 radical (unpaired) electrons. The Morgan fingerprint density at radius 3 is 0.871 bits per heavy atom. The molecule has 0 heterocycles. The van der Waals surface area contributed by atoms with Gasteiger partial charge in [0.05, 0.1) is 0 Å². The molecule has 0 N–H and O–H groups in total. The smallest absolute Gasteiger partial charge is 0.0394 e. The molecule has 0 bridgehead atoms. The molecule has 188 valence electrons. The Kier molecular flexibility index (Phi) is 26.3. The van der Waals surface area contributed by atoms with E-state index in [1.165, 1.54) is 161 Å². The average Bonchev–Trinajstić information content (AvgIpc) is 2.78. The predicted molar refractivity (Wildman–Crippen MR) is 145 cm³/mol. The lowest BCUT2D eigenvalue weighted by molar-refractivity contribution is 0.309. The van der Waals surface area contributed by atoms with Crippen LogP contribution in [-0.2, 0) is 0 Å². The van der Waals surface area contributed by atoms with E-state index in [0.717, 1.165) is 11.8 Å². The molecule has 0 amide bonds. The Balaban J connectivity index is 3.11. The molecule has 1 unspecified atom stereocenters. The molecule has 0 aromatic heterocycles. The van der Waals surface area contributed by atoms with Crippen LogP contribution in [0.5, 0.6) is 0 Å². The molecule has 0 saturated heterocycles. The Labute approximate surface area is 200 Å². The van der Waals surface area contributed by atoms with Gasteiger partial charge in [0.15, 0.2) is 0 Å². The maximum atomic E-state index is 2.48. The molecule has 0 aliphatic carbocycles. The van der Waals surface area contributed by atoms with E-state index >= 15 is 0 Å². The van der Waals surface area contributed by atoms with Crippen LogP contribution in [0.2, 0.25) is 0 Å². The van der Waals surface area contributed by atoms with E-state index < -0.39 is 0 Å². The van der Waals surface area contributed by atoms with Gasteiger partial charge >= 0.3 is 0 Å². The van der Waals surface area contributed by atoms with Crippen LogP contribution in [0.4, 0.5) is 0 Å². The van der Waals surface area contributed by atoms with Gasteiger partial charge in [-0.1, -0.05) is 188 Å². The van der Waals surface area contributed by atoms with Crippen molar-refractivity contribution in [2.45, 2.75) is 188 Å². The summed E-state index contributed by atoms with van der Waals surface area (Å²) in [6.07, 6.45) is 36.7. The molecule has 1 atom stereocenters. The third kappa shape index (κ3) is 23.0. The molecule has 0 rings (SSSR count). The first-order valence-electron chi connectivity index (χ1n) is 15.3. The van der Waals surface area contributed by atoms with E-state index in [0.29, 0.717) is 0 Å². The molecule has 0 aliphatic rings. The van der Waals surface area contributed by atoms with E-state index in [4.69, 9.17) is 0 Å². The topological polar surface area (TPSA) is 0 Å². The first-order valence-corrected chi connectivity index (χ1v) is 15.3. The third-order valence-corrected chi connectivity index (χ3v) is 7.87. The van der Waals surface area contributed by atoms with Crippen molar-refractivity contribution in [2.24, 2.45) is 11.8 Å². The zero-order valence-electron chi connectivity index (χ0n) is 22.8. The van der Waals surface area contributed by atoms with E-state index in [9.17, 15) is 0 Å². The molecule has 0 nitrogen and oxygen atoms in total. The highest BCUT2D eigenvalue weighted by atomic mass is 14.2. The molecule has 0 aliphatic heterocycles. The van der Waals surface area contributed by atoms with Crippen molar-refractivity contribution in [2.75, 3.05) is 0 Å². The molecular formula is C31H64. The number of hydrogen-bond donors (Lipinski definition) is 0. The highest BCUT2D eigenvalue weighted by Gasteiger charge is 2.12. The summed E-state index contributed by atoms with van der Waals surface area (Å²) >= 11 is 0. The van der Waals surface area contributed by atoms with Crippen molar-refractivity contribution >= 4 is 0 Å². The normalized spacial score (nSPS) is 12.7. The van der Waals surface area contributed by atoms with Crippen LogP contribution in [0.15, 0.2) is 0 Å². The SMILES string of the molecule is CCCCCCCCCCCCCCCCCCCCCCCCC(C)C(CC)CC. The highest BCUT2D eigenvalue weighted by Crippen LogP contribution is 2.24. The van der Waals surface area contributed by atoms with Gasteiger partial charge < -0.3 is 0 Å². The third-order valence-electron chi connectivity index (χ3n) is 7.87. The fourth-order valence-electron chi connectivity index (χ4n) is 5.40. The van der Waals surface area contributed by atoms with Gasteiger partial charge in [-0.05, 0) is 11.8 Å². The fraction of sp³-hybridized carbons (Fsp3) is 1.00. The largest absolute Gasteiger partial charge is 0.0654 e. The predicted octanol–water partition coefficient (Wildman–Crippen LogP) is 12.1. The monoisotopic (exact) mass is 437 g/mol. The highest BCUT2D eigenvalue weighted by molar-refractivity contribution is 4.64. The van der Waals surface area contributed by atoms with Crippen LogP contribution in [0.3, 0.4) is 0 Å². The van der Waals surface area contributed by atoms with Gasteiger partial charge in [0.2, 0.25) is 0 Å². The number of hydrogen-bond acceptors (Lipinski definition) is 0. The molecule has 0 aromatic carbocycles. The van der Waals surface area contributed by atoms with Gasteiger partial charge in [-0.3, -0.25) is 0 Å². The van der Waals surface area contributed by atoms with Gasteiger partial charge in [0, 0.05) is 0 Å². The lowest BCUT2D eigenvalue weighted by Crippen LogP contribution is -2.09. The Hall–Kier alpha value is 0. The van der Waals surface area contributed by atoms with E-state index in [1.54, 1.807) is 0 Å². The van der Waals surface area contributed by atoms with Gasteiger partial charge in [-0.15, -0.1) is 0 Å². The van der Waals surface area contributed by atoms with Crippen molar-refractivity contribution in [3.8, 4) is 0 Å². The zero-order valence-corrected chi connectivity index (χ0v) is 22.8. The molecule has 0 heteroatoms. The van der Waals surface area contributed by atoms with Crippen LogP contribution >= 0.6 is 0 Å². The fourth-order valence-corrected chi connectivity index (χ4v) is 5.40. The van der Waals surface area contributed by atoms with Gasteiger partial charge in [-0.2, -0.15) is 0 Å². The summed E-state index contributed by atoms with van der Waals surface area (Å²) < 4.78 is 0. The molecule has 0 saturated carbocycles. The molecule has 0 spiro atoms. The quantitative estimate of drug-likeness (QED) is 0.118. The molecule has 31 heavy (non-hydrogen) atoms. The van der Waals surface area contributed by atoms with Crippen molar-refractivity contribution in [1.82, 2.24) is 0 Å². The van der Waals surface area contributed by atoms with E-state index in [1.807, 2.05) is 0 Å². The standard InChI is InChI=1S/C31H64/c1-5-8-9-10-11-12-13-14-15-16-17-18-19-20-21-22-23-24-25-26-27-28-29-30(4)31(6-2)7-3/h30-31H,5-29H2,1-4H3. The minimum atomic E-state index is 0.945. The van der Waals surface area contributed by atoms with E-state index in [-0.39, 0.29) is 0 Å². The van der Waals surface area contributed by atoms with Crippen LogP contribution in [-0.4, -0.2) is 0 Å². The van der Waals surface area contributed by atoms with Crippen molar-refractivity contribution in [3.63, 3.8) is 0 Å². The summed E-state index contributed by atoms with van der Waals surface area (Å²) in [6, 6.07) is 0. The summed E-state index contributed by atoms with van der Waals surface area (Å²) in [7, 11) is 0. The van der Waals surface area contributed by atoms with E-state index in [2.05, 4.69) is 27.7 Å². The lowest BCUT2D eigenvalue weighted by Gasteiger charge is -2.20. The van der Waals surface area contributed by atoms with Crippen LogP contribution in [0.25, 0.3) is 0 Å². The van der Waals surface area contributed by atoms with Crippen LogP contribution in [0, 0.1) is 11.8 Å². The summed E-state index contributed by atoms with van der Waals surface area (Å²) in [5.41, 5.74) is 0. The Bertz CT molecular complexity index is 303.